The van der Waals surface area contributed by atoms with Gasteiger partial charge < -0.3 is 16.0 Å². The van der Waals surface area contributed by atoms with E-state index in [9.17, 15) is 14.4 Å². The Balaban J connectivity index is 1.28. The van der Waals surface area contributed by atoms with Gasteiger partial charge in [-0.3, -0.25) is 24.6 Å². The highest BCUT2D eigenvalue weighted by molar-refractivity contribution is 6.27. The van der Waals surface area contributed by atoms with Crippen molar-refractivity contribution in [3.8, 4) is 0 Å². The van der Waals surface area contributed by atoms with Crippen molar-refractivity contribution in [1.82, 2.24) is 16.0 Å². The summed E-state index contributed by atoms with van der Waals surface area (Å²) in [6.45, 7) is 1.03. The minimum Gasteiger partial charge on any atom is -0.388 e. The molecule has 3 fully saturated rings. The van der Waals surface area contributed by atoms with E-state index in [0.29, 0.717) is 35.7 Å². The van der Waals surface area contributed by atoms with Crippen molar-refractivity contribution >= 4 is 40.4 Å². The van der Waals surface area contributed by atoms with Crippen LogP contribution in [0.25, 0.3) is 10.8 Å². The van der Waals surface area contributed by atoms with Crippen LogP contribution in [0.2, 0.25) is 0 Å². The summed E-state index contributed by atoms with van der Waals surface area (Å²) >= 11 is 0. The summed E-state index contributed by atoms with van der Waals surface area (Å²) in [4.78, 5) is 39.0. The molecule has 2 aromatic carbocycles. The molecule has 8 nitrogen and oxygen atoms in total. The van der Waals surface area contributed by atoms with E-state index in [4.69, 9.17) is 5.41 Å². The number of hydrogen-bond donors (Lipinski definition) is 4. The Hall–Kier alpha value is -3.52. The first-order valence-electron chi connectivity index (χ1n) is 12.4. The van der Waals surface area contributed by atoms with Crippen molar-refractivity contribution in [2.45, 2.75) is 62.6 Å². The number of hydrogen-bond acceptors (Lipinski definition) is 6. The highest BCUT2D eigenvalue weighted by Gasteiger charge is 2.45. The van der Waals surface area contributed by atoms with E-state index in [1.807, 2.05) is 30.5 Å². The molecule has 6 rings (SSSR count). The van der Waals surface area contributed by atoms with Crippen LogP contribution in [0, 0.1) is 5.41 Å². The highest BCUT2D eigenvalue weighted by Crippen LogP contribution is 2.42. The highest BCUT2D eigenvalue weighted by atomic mass is 16.2. The fourth-order valence-electron chi connectivity index (χ4n) is 5.88. The molecule has 2 atom stereocenters. The van der Waals surface area contributed by atoms with Crippen LogP contribution in [-0.4, -0.2) is 48.1 Å². The smallest absolute Gasteiger partial charge is 0.259 e. The lowest BCUT2D eigenvalue weighted by Crippen LogP contribution is -2.53. The Morgan fingerprint density at radius 2 is 2.03 bits per heavy atom. The third kappa shape index (κ3) is 3.82. The maximum absolute atomic E-state index is 13.3. The number of benzene rings is 2. The van der Waals surface area contributed by atoms with Crippen LogP contribution in [0.3, 0.4) is 0 Å². The second-order valence-corrected chi connectivity index (χ2v) is 10.2. The molecule has 2 saturated heterocycles. The number of carbonyl (C=O) groups is 3. The summed E-state index contributed by atoms with van der Waals surface area (Å²) in [6.07, 6.45) is 9.17. The van der Waals surface area contributed by atoms with E-state index in [0.717, 1.165) is 41.3 Å². The maximum atomic E-state index is 13.3. The largest absolute Gasteiger partial charge is 0.388 e. The summed E-state index contributed by atoms with van der Waals surface area (Å²) in [5.41, 5.74) is 3.53. The van der Waals surface area contributed by atoms with Crippen molar-refractivity contribution in [3.63, 3.8) is 0 Å². The van der Waals surface area contributed by atoms with Gasteiger partial charge in [-0.05, 0) is 67.3 Å². The van der Waals surface area contributed by atoms with Crippen molar-refractivity contribution in [2.75, 3.05) is 11.4 Å². The first-order chi connectivity index (χ1) is 17.0. The van der Waals surface area contributed by atoms with Gasteiger partial charge in [0.2, 0.25) is 11.8 Å². The van der Waals surface area contributed by atoms with Gasteiger partial charge in [0.1, 0.15) is 6.04 Å². The molecule has 3 amide bonds. The third-order valence-electron chi connectivity index (χ3n) is 7.91. The molecule has 0 aromatic heterocycles. The standard InChI is InChI=1S/C27H29N5O3/c28-14-16(15-29-18-8-11-30-27(13-18)9-10-27)12-17-4-5-21-24-19(17)2-1-3-20(24)26(35)32(21)22-6-7-23(33)31-25(22)34/h1-5,14-15,18,22,28-30H,6-13H2,(H,31,33,34)/b16-15-,28-14?/t18-,22?/m1/s1. The monoisotopic (exact) mass is 471 g/mol. The van der Waals surface area contributed by atoms with Crippen LogP contribution >= 0.6 is 0 Å². The SMILES string of the molecule is N=C/C(=C\N[C@@H]1CCNC2(CC2)C1)Cc1ccc2c3c(cccc13)C(=O)N2C1CCC(=O)NC1=O. The summed E-state index contributed by atoms with van der Waals surface area (Å²) in [7, 11) is 0. The van der Waals surface area contributed by atoms with Gasteiger partial charge in [-0.1, -0.05) is 18.2 Å². The number of amides is 3. The fraction of sp³-hybridized carbons (Fsp3) is 0.407. The predicted octanol–water partition coefficient (Wildman–Crippen LogP) is 2.56. The van der Waals surface area contributed by atoms with E-state index < -0.39 is 11.9 Å². The molecule has 4 aliphatic rings. The number of piperidine rings is 2. The molecule has 1 saturated carbocycles. The fourth-order valence-corrected chi connectivity index (χ4v) is 5.88. The van der Waals surface area contributed by atoms with Gasteiger partial charge in [0.05, 0.1) is 5.69 Å². The van der Waals surface area contributed by atoms with E-state index >= 15 is 0 Å². The minimum atomic E-state index is -0.692. The normalized spacial score (nSPS) is 25.2. The Morgan fingerprint density at radius 1 is 1.17 bits per heavy atom. The molecule has 3 aliphatic heterocycles. The van der Waals surface area contributed by atoms with Crippen molar-refractivity contribution in [2.24, 2.45) is 0 Å². The van der Waals surface area contributed by atoms with E-state index in [2.05, 4.69) is 16.0 Å². The molecule has 180 valence electrons. The van der Waals surface area contributed by atoms with Crippen molar-refractivity contribution < 1.29 is 14.4 Å². The van der Waals surface area contributed by atoms with Crippen LogP contribution in [0.5, 0.6) is 0 Å². The van der Waals surface area contributed by atoms with Crippen LogP contribution in [0.15, 0.2) is 42.1 Å². The molecule has 35 heavy (non-hydrogen) atoms. The zero-order valence-corrected chi connectivity index (χ0v) is 19.5. The second-order valence-electron chi connectivity index (χ2n) is 10.2. The molecule has 4 N–H and O–H groups in total. The number of nitrogens with one attached hydrogen (secondary N) is 4. The third-order valence-corrected chi connectivity index (χ3v) is 7.91. The Bertz CT molecular complexity index is 1300. The topological polar surface area (TPSA) is 114 Å². The first-order valence-corrected chi connectivity index (χ1v) is 12.4. The van der Waals surface area contributed by atoms with Gasteiger partial charge in [-0.2, -0.15) is 0 Å². The lowest BCUT2D eigenvalue weighted by atomic mass is 9.95. The second kappa shape index (κ2) is 8.30. The van der Waals surface area contributed by atoms with Crippen LogP contribution in [0.4, 0.5) is 5.69 Å². The van der Waals surface area contributed by atoms with Gasteiger partial charge >= 0.3 is 0 Å². The Morgan fingerprint density at radius 3 is 2.80 bits per heavy atom. The zero-order valence-electron chi connectivity index (χ0n) is 19.5. The summed E-state index contributed by atoms with van der Waals surface area (Å²) < 4.78 is 0. The van der Waals surface area contributed by atoms with E-state index in [1.54, 1.807) is 11.0 Å². The lowest BCUT2D eigenvalue weighted by Gasteiger charge is -2.31. The Labute approximate surface area is 203 Å². The average molecular weight is 472 g/mol. The molecule has 2 aromatic rings. The number of anilines is 1. The molecular formula is C27H29N5O3. The first kappa shape index (κ1) is 22.0. The van der Waals surface area contributed by atoms with Gasteiger partial charge in [0, 0.05) is 47.8 Å². The maximum Gasteiger partial charge on any atom is 0.259 e. The summed E-state index contributed by atoms with van der Waals surface area (Å²) in [5, 5.41) is 19.3. The van der Waals surface area contributed by atoms with Gasteiger partial charge in [0.15, 0.2) is 0 Å². The van der Waals surface area contributed by atoms with Crippen LogP contribution in [-0.2, 0) is 16.0 Å². The average Bonchev–Trinajstić information content (AvgIpc) is 3.54. The van der Waals surface area contributed by atoms with Gasteiger partial charge in [-0.15, -0.1) is 0 Å². The number of rotatable bonds is 6. The van der Waals surface area contributed by atoms with Crippen molar-refractivity contribution in [1.29, 1.82) is 5.41 Å². The molecular weight excluding hydrogens is 442 g/mol. The van der Waals surface area contributed by atoms with Gasteiger partial charge in [0.25, 0.3) is 5.91 Å². The molecule has 1 spiro atoms. The minimum absolute atomic E-state index is 0.207. The van der Waals surface area contributed by atoms with Crippen LogP contribution < -0.4 is 20.9 Å². The summed E-state index contributed by atoms with van der Waals surface area (Å²) in [5.74, 6) is -0.931. The molecule has 0 radical (unpaired) electrons. The molecule has 3 heterocycles. The predicted molar refractivity (Wildman–Crippen MR) is 134 cm³/mol. The molecule has 1 aliphatic carbocycles. The number of allylic oxidation sites excluding steroid dienone is 1. The van der Waals surface area contributed by atoms with Gasteiger partial charge in [-0.25, -0.2) is 0 Å². The molecule has 1 unspecified atom stereocenters. The number of imide groups is 1. The lowest BCUT2D eigenvalue weighted by molar-refractivity contribution is -0.134. The zero-order chi connectivity index (χ0) is 24.2. The number of carbonyl (C=O) groups excluding carboxylic acids is 3. The summed E-state index contributed by atoms with van der Waals surface area (Å²) in [6, 6.07) is 9.27. The van der Waals surface area contributed by atoms with Crippen molar-refractivity contribution in [3.05, 3.63) is 53.2 Å². The van der Waals surface area contributed by atoms with Crippen LogP contribution in [0.1, 0.15) is 54.4 Å². The van der Waals surface area contributed by atoms with E-state index in [1.165, 1.54) is 19.1 Å². The quantitative estimate of drug-likeness (QED) is 0.382. The molecule has 0 bridgehead atoms. The Kier molecular flexibility index (Phi) is 5.21. The molecule has 8 heteroatoms. The van der Waals surface area contributed by atoms with E-state index in [-0.39, 0.29) is 18.2 Å². The number of nitrogens with zero attached hydrogens (tertiary/aromatic N) is 1.